The average Bonchev–Trinajstić information content (AvgIpc) is 3.42. The van der Waals surface area contributed by atoms with E-state index in [2.05, 4.69) is 15.5 Å². The number of rotatable bonds is 8. The first kappa shape index (κ1) is 23.8. The van der Waals surface area contributed by atoms with Crippen LogP contribution >= 0.6 is 11.8 Å². The van der Waals surface area contributed by atoms with Gasteiger partial charge >= 0.3 is 0 Å². The van der Waals surface area contributed by atoms with Gasteiger partial charge in [-0.3, -0.25) is 19.3 Å². The van der Waals surface area contributed by atoms with Gasteiger partial charge in [-0.25, -0.2) is 0 Å². The number of morpholine rings is 1. The van der Waals surface area contributed by atoms with Crippen LogP contribution in [0.1, 0.15) is 26.7 Å². The Bertz CT molecular complexity index is 746. The second kappa shape index (κ2) is 9.48. The lowest BCUT2D eigenvalue weighted by Gasteiger charge is -2.38. The summed E-state index contributed by atoms with van der Waals surface area (Å²) in [4.78, 5) is 44.0. The molecule has 0 aromatic carbocycles. The van der Waals surface area contributed by atoms with Crippen LogP contribution in [0.3, 0.4) is 0 Å². The van der Waals surface area contributed by atoms with Gasteiger partial charge in [-0.05, 0) is 18.8 Å². The minimum absolute atomic E-state index is 0.0107. The quantitative estimate of drug-likeness (QED) is 0.432. The number of ether oxygens (including phenoxy) is 1. The summed E-state index contributed by atoms with van der Waals surface area (Å²) in [5.41, 5.74) is 0. The molecule has 6 atom stereocenters. The molecule has 4 saturated heterocycles. The van der Waals surface area contributed by atoms with Gasteiger partial charge in [0.05, 0.1) is 42.4 Å². The number of carbonyl (C=O) groups excluding carboxylic acids is 3. The summed E-state index contributed by atoms with van der Waals surface area (Å²) < 4.78 is 4.77. The summed E-state index contributed by atoms with van der Waals surface area (Å²) >= 11 is 1.65. The molecule has 9 nitrogen and oxygen atoms in total. The maximum atomic E-state index is 13.8. The Morgan fingerprint density at radius 2 is 2.00 bits per heavy atom. The van der Waals surface area contributed by atoms with Gasteiger partial charge in [0.1, 0.15) is 6.04 Å². The Morgan fingerprint density at radius 3 is 2.62 bits per heavy atom. The normalized spacial score (nSPS) is 35.3. The van der Waals surface area contributed by atoms with Gasteiger partial charge in [0.25, 0.3) is 0 Å². The maximum absolute atomic E-state index is 13.8. The van der Waals surface area contributed by atoms with Crippen LogP contribution in [0.5, 0.6) is 0 Å². The number of fused-ring (bicyclic) bond motifs is 1. The van der Waals surface area contributed by atoms with Crippen LogP contribution in [0.4, 0.5) is 0 Å². The van der Waals surface area contributed by atoms with Crippen molar-refractivity contribution in [1.82, 2.24) is 20.4 Å². The van der Waals surface area contributed by atoms with Gasteiger partial charge in [-0.1, -0.05) is 13.8 Å². The van der Waals surface area contributed by atoms with Crippen LogP contribution in [-0.4, -0.2) is 108 Å². The van der Waals surface area contributed by atoms with E-state index in [-0.39, 0.29) is 35.5 Å². The number of thioether (sulfide) groups is 1. The molecule has 32 heavy (non-hydrogen) atoms. The predicted molar refractivity (Wildman–Crippen MR) is 121 cm³/mol. The largest absolute Gasteiger partial charge is 0.394 e. The predicted octanol–water partition coefficient (Wildman–Crippen LogP) is -0.711. The second-order valence-electron chi connectivity index (χ2n) is 9.65. The first-order chi connectivity index (χ1) is 15.4. The topological polar surface area (TPSA) is 111 Å². The number of aliphatic hydroxyl groups excluding tert-OH is 1. The summed E-state index contributed by atoms with van der Waals surface area (Å²) in [6.45, 7) is 8.03. The highest BCUT2D eigenvalue weighted by Gasteiger charge is 2.74. The lowest BCUT2D eigenvalue weighted by atomic mass is 9.71. The highest BCUT2D eigenvalue weighted by molar-refractivity contribution is 8.02. The first-order valence-electron chi connectivity index (χ1n) is 11.8. The van der Waals surface area contributed by atoms with E-state index < -0.39 is 28.7 Å². The summed E-state index contributed by atoms with van der Waals surface area (Å²) in [6.07, 6.45) is 1.56. The molecular formula is C22H36N4O5S. The van der Waals surface area contributed by atoms with Gasteiger partial charge < -0.3 is 25.4 Å². The van der Waals surface area contributed by atoms with E-state index >= 15 is 0 Å². The number of amides is 3. The summed E-state index contributed by atoms with van der Waals surface area (Å²) in [6, 6.07) is -1.13. The molecular weight excluding hydrogens is 432 g/mol. The maximum Gasteiger partial charge on any atom is 0.244 e. The Morgan fingerprint density at radius 1 is 1.28 bits per heavy atom. The van der Waals surface area contributed by atoms with E-state index in [9.17, 15) is 19.5 Å². The van der Waals surface area contributed by atoms with Gasteiger partial charge in [-0.2, -0.15) is 0 Å². The molecule has 4 heterocycles. The number of hydrogen-bond acceptors (Lipinski definition) is 7. The SMILES string of the molecule is CNC(=O)[C@@H]1[C@@H]2CCC3(S2)C(C(=O)NCCN2CCOCC2)N([C@@H](CO)C(C)C)C(=O)[C@H]13. The van der Waals surface area contributed by atoms with E-state index in [1.54, 1.807) is 23.7 Å². The fourth-order valence-electron chi connectivity index (χ4n) is 6.09. The Kier molecular flexibility index (Phi) is 7.05. The molecule has 180 valence electrons. The third kappa shape index (κ3) is 3.82. The number of nitrogens with one attached hydrogen (secondary N) is 2. The molecule has 4 aliphatic heterocycles. The van der Waals surface area contributed by atoms with E-state index in [0.29, 0.717) is 19.8 Å². The second-order valence-corrected chi connectivity index (χ2v) is 11.3. The monoisotopic (exact) mass is 468 g/mol. The highest BCUT2D eigenvalue weighted by Crippen LogP contribution is 2.66. The Hall–Kier alpha value is -1.36. The van der Waals surface area contributed by atoms with E-state index in [4.69, 9.17) is 4.74 Å². The molecule has 4 fully saturated rings. The molecule has 3 N–H and O–H groups in total. The zero-order valence-corrected chi connectivity index (χ0v) is 20.0. The van der Waals surface area contributed by atoms with E-state index in [1.807, 2.05) is 13.8 Å². The van der Waals surface area contributed by atoms with Crippen molar-refractivity contribution in [3.63, 3.8) is 0 Å². The van der Waals surface area contributed by atoms with Crippen LogP contribution in [0, 0.1) is 17.8 Å². The number of likely N-dealkylation sites (tertiary alicyclic amines) is 1. The van der Waals surface area contributed by atoms with Crippen molar-refractivity contribution < 1.29 is 24.2 Å². The van der Waals surface area contributed by atoms with Crippen molar-refractivity contribution >= 4 is 29.5 Å². The van der Waals surface area contributed by atoms with Crippen molar-refractivity contribution in [3.8, 4) is 0 Å². The number of carbonyl (C=O) groups is 3. The average molecular weight is 469 g/mol. The third-order valence-corrected chi connectivity index (χ3v) is 9.63. The molecule has 0 aliphatic carbocycles. The number of nitrogens with zero attached hydrogens (tertiary/aromatic N) is 2. The molecule has 4 aliphatic rings. The van der Waals surface area contributed by atoms with Crippen LogP contribution in [-0.2, 0) is 19.1 Å². The van der Waals surface area contributed by atoms with Crippen molar-refractivity contribution in [1.29, 1.82) is 0 Å². The molecule has 0 saturated carbocycles. The van der Waals surface area contributed by atoms with Crippen molar-refractivity contribution in [2.45, 2.75) is 48.8 Å². The summed E-state index contributed by atoms with van der Waals surface area (Å²) in [5.74, 6) is -1.40. The van der Waals surface area contributed by atoms with Crippen LogP contribution in [0.25, 0.3) is 0 Å². The smallest absolute Gasteiger partial charge is 0.244 e. The molecule has 2 bridgehead atoms. The molecule has 0 aromatic rings. The molecule has 10 heteroatoms. The molecule has 1 spiro atoms. The summed E-state index contributed by atoms with van der Waals surface area (Å²) in [5, 5.41) is 16.0. The van der Waals surface area contributed by atoms with Crippen LogP contribution in [0.2, 0.25) is 0 Å². The molecule has 3 amide bonds. The van der Waals surface area contributed by atoms with E-state index in [1.165, 1.54) is 0 Å². The Labute approximate surface area is 194 Å². The van der Waals surface area contributed by atoms with Crippen molar-refractivity contribution in [3.05, 3.63) is 0 Å². The van der Waals surface area contributed by atoms with Gasteiger partial charge in [0.2, 0.25) is 17.7 Å². The molecule has 0 radical (unpaired) electrons. The third-order valence-electron chi connectivity index (χ3n) is 7.68. The fraction of sp³-hybridized carbons (Fsp3) is 0.864. The Balaban J connectivity index is 1.59. The van der Waals surface area contributed by atoms with Gasteiger partial charge in [0.15, 0.2) is 0 Å². The minimum atomic E-state index is -0.672. The van der Waals surface area contributed by atoms with Crippen molar-refractivity contribution in [2.24, 2.45) is 17.8 Å². The fourth-order valence-corrected chi connectivity index (χ4v) is 8.30. The van der Waals surface area contributed by atoms with Gasteiger partial charge in [0, 0.05) is 38.5 Å². The summed E-state index contributed by atoms with van der Waals surface area (Å²) in [7, 11) is 1.60. The zero-order valence-electron chi connectivity index (χ0n) is 19.2. The zero-order chi connectivity index (χ0) is 23.0. The lowest BCUT2D eigenvalue weighted by molar-refractivity contribution is -0.143. The molecule has 4 rings (SSSR count). The molecule has 0 aromatic heterocycles. The van der Waals surface area contributed by atoms with Gasteiger partial charge in [-0.15, -0.1) is 11.8 Å². The minimum Gasteiger partial charge on any atom is -0.394 e. The first-order valence-corrected chi connectivity index (χ1v) is 12.6. The standard InChI is InChI=1S/C22H36N4O5S/c1-13(2)14(12-27)26-18(20(29)24-6-7-25-8-10-31-11-9-25)22-5-4-15(32-22)16(19(28)23-3)17(22)21(26)30/h13-18,27H,4-12H2,1-3H3,(H,23,28)(H,24,29)/t14-,15-,16+,17-,18?,22?/m0/s1. The van der Waals surface area contributed by atoms with Crippen LogP contribution in [0.15, 0.2) is 0 Å². The number of hydrogen-bond donors (Lipinski definition) is 3. The van der Waals surface area contributed by atoms with E-state index in [0.717, 1.165) is 32.5 Å². The van der Waals surface area contributed by atoms with Crippen LogP contribution < -0.4 is 10.6 Å². The highest BCUT2D eigenvalue weighted by atomic mass is 32.2. The molecule has 2 unspecified atom stereocenters. The number of aliphatic hydroxyl groups is 1. The van der Waals surface area contributed by atoms with Crippen molar-refractivity contribution in [2.75, 3.05) is 53.0 Å². The lowest BCUT2D eigenvalue weighted by Crippen LogP contribution is -2.58.